The van der Waals surface area contributed by atoms with Crippen LogP contribution in [0.1, 0.15) is 21.7 Å². The number of aryl methyl sites for hydroxylation is 2. The first-order valence-corrected chi connectivity index (χ1v) is 10.6. The number of fused-ring (bicyclic) bond motifs is 1. The van der Waals surface area contributed by atoms with Crippen molar-refractivity contribution in [3.63, 3.8) is 0 Å². The molecule has 0 atom stereocenters. The molecule has 8 heteroatoms. The van der Waals surface area contributed by atoms with Crippen LogP contribution in [0.2, 0.25) is 0 Å². The molecule has 3 N–H and O–H groups in total. The molecule has 0 aliphatic carbocycles. The first kappa shape index (κ1) is 20.4. The number of carbonyl (C=O) groups is 1. The van der Waals surface area contributed by atoms with E-state index in [0.717, 1.165) is 33.7 Å². The Morgan fingerprint density at radius 3 is 2.58 bits per heavy atom. The van der Waals surface area contributed by atoms with Crippen molar-refractivity contribution in [3.05, 3.63) is 90.0 Å². The number of carbonyl (C=O) groups excluding carboxylic acids is 1. The minimum atomic E-state index is -0.110. The highest BCUT2D eigenvalue weighted by Gasteiger charge is 2.18. The number of benzene rings is 1. The van der Waals surface area contributed by atoms with Crippen LogP contribution < -0.4 is 11.1 Å². The molecule has 5 aromatic rings. The number of amides is 1. The van der Waals surface area contributed by atoms with Crippen LogP contribution in [0.4, 0.5) is 5.82 Å². The summed E-state index contributed by atoms with van der Waals surface area (Å²) in [6.45, 7) is 2.38. The molecule has 0 aliphatic heterocycles. The highest BCUT2D eigenvalue weighted by molar-refractivity contribution is 5.92. The molecular weight excluding hydrogens is 414 g/mol. The number of nitrogens with two attached hydrogens (primary N) is 1. The van der Waals surface area contributed by atoms with E-state index in [1.165, 1.54) is 0 Å². The molecule has 1 amide bonds. The summed E-state index contributed by atoms with van der Waals surface area (Å²) in [7, 11) is 1.85. The third-order valence-electron chi connectivity index (χ3n) is 5.55. The molecule has 4 aromatic heterocycles. The predicted molar refractivity (Wildman–Crippen MR) is 128 cm³/mol. The van der Waals surface area contributed by atoms with Crippen molar-refractivity contribution >= 4 is 22.9 Å². The largest absolute Gasteiger partial charge is 0.383 e. The lowest BCUT2D eigenvalue weighted by molar-refractivity contribution is 0.0943. The van der Waals surface area contributed by atoms with Crippen LogP contribution in [-0.2, 0) is 13.6 Å². The van der Waals surface area contributed by atoms with Crippen LogP contribution in [0.25, 0.3) is 28.2 Å². The Hall–Kier alpha value is -4.46. The van der Waals surface area contributed by atoms with Crippen molar-refractivity contribution in [3.8, 4) is 17.1 Å². The summed E-state index contributed by atoms with van der Waals surface area (Å²) in [5.74, 6) is 0.977. The van der Waals surface area contributed by atoms with Crippen LogP contribution >= 0.6 is 0 Å². The van der Waals surface area contributed by atoms with Crippen LogP contribution in [0, 0.1) is 6.92 Å². The summed E-state index contributed by atoms with van der Waals surface area (Å²) >= 11 is 0. The zero-order valence-corrected chi connectivity index (χ0v) is 18.4. The zero-order chi connectivity index (χ0) is 22.9. The second-order valence-corrected chi connectivity index (χ2v) is 7.86. The maximum absolute atomic E-state index is 12.4. The summed E-state index contributed by atoms with van der Waals surface area (Å²) in [4.78, 5) is 26.1. The van der Waals surface area contributed by atoms with Gasteiger partial charge in [-0.25, -0.2) is 15.0 Å². The molecule has 0 saturated heterocycles. The number of anilines is 1. The lowest BCUT2D eigenvalue weighted by Gasteiger charge is -2.11. The number of hydrogen-bond acceptors (Lipinski definition) is 5. The molecule has 33 heavy (non-hydrogen) atoms. The lowest BCUT2D eigenvalue weighted by Crippen LogP contribution is -2.24. The number of imidazole rings is 1. The number of nitrogens with zero attached hydrogens (tertiary/aromatic N) is 5. The Bertz CT molecular complexity index is 1460. The van der Waals surface area contributed by atoms with E-state index < -0.39 is 0 Å². The number of nitrogen functional groups attached to an aromatic ring is 1. The van der Waals surface area contributed by atoms with E-state index in [2.05, 4.69) is 10.3 Å². The fourth-order valence-electron chi connectivity index (χ4n) is 3.82. The van der Waals surface area contributed by atoms with Gasteiger partial charge in [-0.05, 0) is 61.0 Å². The molecule has 0 unspecified atom stereocenters. The molecule has 0 bridgehead atoms. The van der Waals surface area contributed by atoms with E-state index in [1.807, 2.05) is 79.3 Å². The van der Waals surface area contributed by atoms with E-state index in [9.17, 15) is 4.79 Å². The van der Waals surface area contributed by atoms with Crippen molar-refractivity contribution in [2.24, 2.45) is 7.05 Å². The third-order valence-corrected chi connectivity index (χ3v) is 5.55. The molecule has 0 saturated carbocycles. The van der Waals surface area contributed by atoms with E-state index in [1.54, 1.807) is 16.8 Å². The zero-order valence-electron chi connectivity index (χ0n) is 18.4. The summed E-state index contributed by atoms with van der Waals surface area (Å²) in [6, 6.07) is 19.2. The summed E-state index contributed by atoms with van der Waals surface area (Å²) in [5.41, 5.74) is 11.8. The average molecular weight is 438 g/mol. The molecule has 0 fully saturated rings. The minimum absolute atomic E-state index is 0.110. The van der Waals surface area contributed by atoms with Crippen molar-refractivity contribution in [1.29, 1.82) is 0 Å². The lowest BCUT2D eigenvalue weighted by atomic mass is 10.2. The van der Waals surface area contributed by atoms with Gasteiger partial charge in [0, 0.05) is 37.4 Å². The monoisotopic (exact) mass is 437 g/mol. The maximum Gasteiger partial charge on any atom is 0.268 e. The molecule has 0 radical (unpaired) electrons. The Labute approximate surface area is 190 Å². The number of hydrogen-bond donors (Lipinski definition) is 2. The molecule has 4 heterocycles. The highest BCUT2D eigenvalue weighted by atomic mass is 16.1. The molecule has 0 spiro atoms. The van der Waals surface area contributed by atoms with Gasteiger partial charge >= 0.3 is 0 Å². The fraction of sp³-hybridized carbons (Fsp3) is 0.120. The van der Waals surface area contributed by atoms with Crippen molar-refractivity contribution in [1.82, 2.24) is 29.4 Å². The summed E-state index contributed by atoms with van der Waals surface area (Å²) in [5, 5.41) is 2.96. The Morgan fingerprint density at radius 1 is 1.03 bits per heavy atom. The molecule has 5 rings (SSSR count). The van der Waals surface area contributed by atoms with E-state index in [4.69, 9.17) is 15.7 Å². The second kappa shape index (κ2) is 8.23. The number of pyridine rings is 2. The molecule has 0 aliphatic rings. The Morgan fingerprint density at radius 2 is 1.85 bits per heavy atom. The van der Waals surface area contributed by atoms with Crippen LogP contribution in [-0.4, -0.2) is 30.0 Å². The van der Waals surface area contributed by atoms with Crippen molar-refractivity contribution in [2.75, 3.05) is 5.73 Å². The number of rotatable bonds is 5. The molecule has 1 aromatic carbocycles. The highest BCUT2D eigenvalue weighted by Crippen LogP contribution is 2.30. The van der Waals surface area contributed by atoms with Crippen LogP contribution in [0.5, 0.6) is 0 Å². The van der Waals surface area contributed by atoms with Gasteiger partial charge in [0.15, 0.2) is 11.5 Å². The fourth-order valence-corrected chi connectivity index (χ4v) is 3.82. The molecular formula is C25H23N7O. The van der Waals surface area contributed by atoms with Crippen LogP contribution in [0.15, 0.2) is 73.1 Å². The van der Waals surface area contributed by atoms with Gasteiger partial charge in [0.2, 0.25) is 0 Å². The van der Waals surface area contributed by atoms with Gasteiger partial charge in [-0.1, -0.05) is 12.1 Å². The van der Waals surface area contributed by atoms with E-state index in [-0.39, 0.29) is 5.91 Å². The first-order chi connectivity index (χ1) is 16.0. The van der Waals surface area contributed by atoms with Crippen molar-refractivity contribution < 1.29 is 4.79 Å². The SMILES string of the molecule is Cc1ccc2nc(-c3cccnc3N)n(-c3ccc(CNC(=O)c4cccn4C)cc3)c2n1. The number of nitrogens with one attached hydrogen (secondary N) is 1. The van der Waals surface area contributed by atoms with Gasteiger partial charge in [-0.3, -0.25) is 9.36 Å². The third kappa shape index (κ3) is 3.82. The predicted octanol–water partition coefficient (Wildman–Crippen LogP) is 3.64. The summed E-state index contributed by atoms with van der Waals surface area (Å²) < 4.78 is 3.78. The average Bonchev–Trinajstić information content (AvgIpc) is 3.41. The number of aromatic nitrogens is 5. The molecule has 8 nitrogen and oxygen atoms in total. The molecule has 164 valence electrons. The van der Waals surface area contributed by atoms with Gasteiger partial charge in [-0.15, -0.1) is 0 Å². The smallest absolute Gasteiger partial charge is 0.268 e. The van der Waals surface area contributed by atoms with Crippen LogP contribution in [0.3, 0.4) is 0 Å². The standard InChI is InChI=1S/C25H23N7O/c1-16-7-12-20-24(29-16)32(23(30-20)19-5-3-13-27-22(19)26)18-10-8-17(9-11-18)15-28-25(33)21-6-4-14-31(21)2/h3-14H,15H2,1-2H3,(H2,26,27)(H,28,33). The van der Waals surface area contributed by atoms with E-state index in [0.29, 0.717) is 23.9 Å². The maximum atomic E-state index is 12.4. The first-order valence-electron chi connectivity index (χ1n) is 10.6. The topological polar surface area (TPSA) is 104 Å². The van der Waals surface area contributed by atoms with Gasteiger partial charge in [0.05, 0.1) is 5.56 Å². The minimum Gasteiger partial charge on any atom is -0.383 e. The van der Waals surface area contributed by atoms with Crippen molar-refractivity contribution in [2.45, 2.75) is 13.5 Å². The second-order valence-electron chi connectivity index (χ2n) is 7.86. The van der Waals surface area contributed by atoms with Gasteiger partial charge in [-0.2, -0.15) is 0 Å². The van der Waals surface area contributed by atoms with Gasteiger partial charge in [0.1, 0.15) is 17.0 Å². The van der Waals surface area contributed by atoms with E-state index >= 15 is 0 Å². The van der Waals surface area contributed by atoms with Gasteiger partial charge < -0.3 is 15.6 Å². The quantitative estimate of drug-likeness (QED) is 0.437. The van der Waals surface area contributed by atoms with Gasteiger partial charge in [0.25, 0.3) is 5.91 Å². The Kier molecular flexibility index (Phi) is 5.10. The normalized spacial score (nSPS) is 11.1. The Balaban J connectivity index is 1.49. The summed E-state index contributed by atoms with van der Waals surface area (Å²) in [6.07, 6.45) is 3.51.